The van der Waals surface area contributed by atoms with E-state index >= 15 is 0 Å². The lowest BCUT2D eigenvalue weighted by Crippen LogP contribution is -2.48. The van der Waals surface area contributed by atoms with E-state index in [2.05, 4.69) is 20.7 Å². The molecule has 0 aromatic heterocycles. The fraction of sp³-hybridized carbons (Fsp3) is 0.462. The van der Waals surface area contributed by atoms with Crippen molar-refractivity contribution < 1.29 is 17.9 Å². The summed E-state index contributed by atoms with van der Waals surface area (Å²) in [7, 11) is -0.433. The molecule has 0 radical (unpaired) electrons. The minimum absolute atomic E-state index is 0.0395. The Morgan fingerprint density at radius 2 is 2.14 bits per heavy atom. The van der Waals surface area contributed by atoms with Gasteiger partial charge in [0, 0.05) is 26.1 Å². The molecule has 1 amide bonds. The molecule has 1 heterocycles. The molecule has 0 saturated carbocycles. The Morgan fingerprint density at radius 3 is 2.71 bits per heavy atom. The van der Waals surface area contributed by atoms with E-state index in [0.717, 1.165) is 0 Å². The highest BCUT2D eigenvalue weighted by atomic mass is 79.9. The van der Waals surface area contributed by atoms with E-state index in [1.165, 1.54) is 19.2 Å². The molecule has 21 heavy (non-hydrogen) atoms. The van der Waals surface area contributed by atoms with Crippen molar-refractivity contribution in [3.63, 3.8) is 0 Å². The highest BCUT2D eigenvalue weighted by molar-refractivity contribution is 9.10. The van der Waals surface area contributed by atoms with E-state index in [1.807, 2.05) is 0 Å². The highest BCUT2D eigenvalue weighted by Gasteiger charge is 2.27. The largest absolute Gasteiger partial charge is 0.496 e. The number of halogens is 1. The normalized spacial score (nSPS) is 19.7. The van der Waals surface area contributed by atoms with E-state index < -0.39 is 10.0 Å². The number of amides is 1. The Morgan fingerprint density at radius 1 is 1.43 bits per heavy atom. The van der Waals surface area contributed by atoms with Crippen LogP contribution in [0.3, 0.4) is 0 Å². The predicted octanol–water partition coefficient (Wildman–Crippen LogP) is 1.36. The zero-order valence-corrected chi connectivity index (χ0v) is 14.2. The number of benzene rings is 1. The zero-order chi connectivity index (χ0) is 15.6. The average Bonchev–Trinajstić information content (AvgIpc) is 2.42. The van der Waals surface area contributed by atoms with Crippen molar-refractivity contribution in [2.75, 3.05) is 20.7 Å². The summed E-state index contributed by atoms with van der Waals surface area (Å²) in [5.41, 5.74) is 0. The number of hydrogen-bond acceptors (Lipinski definition) is 4. The fourth-order valence-electron chi connectivity index (χ4n) is 2.21. The molecular weight excluding hydrogens is 360 g/mol. The van der Waals surface area contributed by atoms with Crippen molar-refractivity contribution in [1.29, 1.82) is 0 Å². The third-order valence-corrected chi connectivity index (χ3v) is 5.52. The Kier molecular flexibility index (Phi) is 4.90. The minimum atomic E-state index is -3.62. The summed E-state index contributed by atoms with van der Waals surface area (Å²) >= 11 is 3.27. The number of carbonyl (C=O) groups is 1. The van der Waals surface area contributed by atoms with Crippen LogP contribution in [0.15, 0.2) is 27.6 Å². The van der Waals surface area contributed by atoms with Crippen molar-refractivity contribution >= 4 is 31.9 Å². The van der Waals surface area contributed by atoms with Gasteiger partial charge in [0.2, 0.25) is 15.9 Å². The lowest BCUT2D eigenvalue weighted by molar-refractivity contribution is -0.132. The van der Waals surface area contributed by atoms with Crippen LogP contribution < -0.4 is 9.46 Å². The third-order valence-electron chi connectivity index (χ3n) is 3.38. The van der Waals surface area contributed by atoms with E-state index in [1.54, 1.807) is 18.0 Å². The van der Waals surface area contributed by atoms with E-state index in [9.17, 15) is 13.2 Å². The second-order valence-corrected chi connectivity index (χ2v) is 7.50. The van der Waals surface area contributed by atoms with Crippen LogP contribution >= 0.6 is 15.9 Å². The number of likely N-dealkylation sites (N-methyl/N-ethyl adjacent to an activating group) is 1. The first-order valence-electron chi connectivity index (χ1n) is 6.43. The number of likely N-dealkylation sites (tertiary alicyclic amines) is 1. The van der Waals surface area contributed by atoms with Gasteiger partial charge >= 0.3 is 0 Å². The third kappa shape index (κ3) is 3.75. The van der Waals surface area contributed by atoms with Crippen LogP contribution in [-0.2, 0) is 14.8 Å². The number of nitrogens with zero attached hydrogens (tertiary/aromatic N) is 1. The lowest BCUT2D eigenvalue weighted by Gasteiger charge is -2.29. The standard InChI is InChI=1S/C13H17BrN2O4S/c1-16-8-9(3-6-13(16)17)15-21(18,19)10-4-5-12(20-2)11(14)7-10/h4-5,7,9,15H,3,6,8H2,1-2H3. The molecule has 1 aliphatic rings. The Bertz CT molecular complexity index is 648. The molecule has 1 saturated heterocycles. The van der Waals surface area contributed by atoms with Crippen LogP contribution in [-0.4, -0.2) is 46.0 Å². The Hall–Kier alpha value is -1.12. The van der Waals surface area contributed by atoms with Crippen LogP contribution in [0.5, 0.6) is 5.75 Å². The minimum Gasteiger partial charge on any atom is -0.496 e. The highest BCUT2D eigenvalue weighted by Crippen LogP contribution is 2.27. The first-order chi connectivity index (χ1) is 9.83. The van der Waals surface area contributed by atoms with Gasteiger partial charge < -0.3 is 9.64 Å². The summed E-state index contributed by atoms with van der Waals surface area (Å²) in [5.74, 6) is 0.606. The summed E-state index contributed by atoms with van der Waals surface area (Å²) < 4.78 is 33.0. The lowest BCUT2D eigenvalue weighted by atomic mass is 10.1. The number of sulfonamides is 1. The first-order valence-corrected chi connectivity index (χ1v) is 8.71. The molecule has 1 N–H and O–H groups in total. The molecule has 2 rings (SSSR count). The van der Waals surface area contributed by atoms with Crippen LogP contribution in [0, 0.1) is 0 Å². The molecule has 1 atom stereocenters. The molecule has 1 aromatic rings. The second kappa shape index (κ2) is 6.33. The van der Waals surface area contributed by atoms with Crippen molar-refractivity contribution in [1.82, 2.24) is 9.62 Å². The van der Waals surface area contributed by atoms with Crippen molar-refractivity contribution in [2.45, 2.75) is 23.8 Å². The fourth-order valence-corrected chi connectivity index (χ4v) is 4.19. The maximum atomic E-state index is 12.4. The summed E-state index contributed by atoms with van der Waals surface area (Å²) in [6.07, 6.45) is 0.871. The molecular formula is C13H17BrN2O4S. The average molecular weight is 377 g/mol. The number of rotatable bonds is 4. The summed E-state index contributed by atoms with van der Waals surface area (Å²) in [6, 6.07) is 4.32. The molecule has 0 aliphatic carbocycles. The van der Waals surface area contributed by atoms with Crippen molar-refractivity contribution in [3.05, 3.63) is 22.7 Å². The maximum absolute atomic E-state index is 12.4. The molecule has 1 unspecified atom stereocenters. The molecule has 1 fully saturated rings. The quantitative estimate of drug-likeness (QED) is 0.860. The molecule has 8 heteroatoms. The van der Waals surface area contributed by atoms with Gasteiger partial charge in [0.1, 0.15) is 5.75 Å². The Balaban J connectivity index is 2.15. The molecule has 0 spiro atoms. The van der Waals surface area contributed by atoms with Gasteiger partial charge in [-0.05, 0) is 40.5 Å². The zero-order valence-electron chi connectivity index (χ0n) is 11.8. The first kappa shape index (κ1) is 16.3. The number of methoxy groups -OCH3 is 1. The number of carbonyl (C=O) groups excluding carboxylic acids is 1. The van der Waals surface area contributed by atoms with Crippen molar-refractivity contribution in [3.8, 4) is 5.75 Å². The molecule has 1 aliphatic heterocycles. The van der Waals surface area contributed by atoms with Gasteiger partial charge in [0.15, 0.2) is 0 Å². The maximum Gasteiger partial charge on any atom is 0.240 e. The predicted molar refractivity (Wildman–Crippen MR) is 81.7 cm³/mol. The summed E-state index contributed by atoms with van der Waals surface area (Å²) in [4.78, 5) is 13.1. The topological polar surface area (TPSA) is 75.7 Å². The second-order valence-electron chi connectivity index (χ2n) is 4.93. The van der Waals surface area contributed by atoms with E-state index in [-0.39, 0.29) is 16.8 Å². The van der Waals surface area contributed by atoms with Gasteiger partial charge in [-0.3, -0.25) is 4.79 Å². The Labute approximate surface area is 132 Å². The molecule has 116 valence electrons. The van der Waals surface area contributed by atoms with Crippen LogP contribution in [0.1, 0.15) is 12.8 Å². The summed E-state index contributed by atoms with van der Waals surface area (Å²) in [5, 5.41) is 0. The molecule has 1 aromatic carbocycles. The number of ether oxygens (including phenoxy) is 1. The summed E-state index contributed by atoms with van der Waals surface area (Å²) in [6.45, 7) is 0.384. The van der Waals surface area contributed by atoms with Crippen molar-refractivity contribution in [2.24, 2.45) is 0 Å². The van der Waals surface area contributed by atoms with Gasteiger partial charge in [-0.2, -0.15) is 0 Å². The van der Waals surface area contributed by atoms with Gasteiger partial charge in [0.05, 0.1) is 16.5 Å². The van der Waals surface area contributed by atoms with Crippen LogP contribution in [0.4, 0.5) is 0 Å². The van der Waals surface area contributed by atoms with Gasteiger partial charge in [-0.15, -0.1) is 0 Å². The number of nitrogens with one attached hydrogen (secondary N) is 1. The SMILES string of the molecule is COc1ccc(S(=O)(=O)NC2CCC(=O)N(C)C2)cc1Br. The van der Waals surface area contributed by atoms with E-state index in [4.69, 9.17) is 4.74 Å². The van der Waals surface area contributed by atoms with E-state index in [0.29, 0.717) is 29.6 Å². The molecule has 6 nitrogen and oxygen atoms in total. The van der Waals surface area contributed by atoms with Crippen LogP contribution in [0.2, 0.25) is 0 Å². The molecule has 0 bridgehead atoms. The monoisotopic (exact) mass is 376 g/mol. The smallest absolute Gasteiger partial charge is 0.240 e. The van der Waals surface area contributed by atoms with Gasteiger partial charge in [0.25, 0.3) is 0 Å². The van der Waals surface area contributed by atoms with Gasteiger partial charge in [-0.25, -0.2) is 13.1 Å². The number of piperidine rings is 1. The van der Waals surface area contributed by atoms with Gasteiger partial charge in [-0.1, -0.05) is 0 Å². The van der Waals surface area contributed by atoms with Crippen LogP contribution in [0.25, 0.3) is 0 Å². The number of hydrogen-bond donors (Lipinski definition) is 1.